The second-order valence-electron chi connectivity index (χ2n) is 7.14. The van der Waals surface area contributed by atoms with Gasteiger partial charge < -0.3 is 10.1 Å². The third kappa shape index (κ3) is 7.57. The molecule has 0 spiro atoms. The lowest BCUT2D eigenvalue weighted by atomic mass is 10.1. The molecule has 34 heavy (non-hydrogen) atoms. The number of rotatable bonds is 7. The first-order chi connectivity index (χ1) is 15.7. The summed E-state index contributed by atoms with van der Waals surface area (Å²) in [6, 6.07) is 9.20. The Labute approximate surface area is 189 Å². The van der Waals surface area contributed by atoms with Crippen molar-refractivity contribution in [2.75, 3.05) is 18.2 Å². The van der Waals surface area contributed by atoms with Gasteiger partial charge in [0.15, 0.2) is 22.3 Å². The van der Waals surface area contributed by atoms with E-state index in [1.807, 2.05) is 0 Å². The number of aromatic nitrogens is 3. The average Bonchev–Trinajstić information content (AvgIpc) is 2.70. The molecule has 0 saturated carbocycles. The molecule has 0 fully saturated rings. The quantitative estimate of drug-likeness (QED) is 0.461. The van der Waals surface area contributed by atoms with E-state index in [0.29, 0.717) is 5.56 Å². The van der Waals surface area contributed by atoms with Crippen LogP contribution in [0.25, 0.3) is 11.4 Å². The summed E-state index contributed by atoms with van der Waals surface area (Å²) in [6.07, 6.45) is -8.29. The Morgan fingerprint density at radius 1 is 0.941 bits per heavy atom. The Morgan fingerprint density at radius 2 is 1.65 bits per heavy atom. The second-order valence-corrected chi connectivity index (χ2v) is 9.28. The second kappa shape index (κ2) is 9.44. The van der Waals surface area contributed by atoms with Gasteiger partial charge in [-0.15, -0.1) is 0 Å². The van der Waals surface area contributed by atoms with E-state index in [-0.39, 0.29) is 28.8 Å². The smallest absolute Gasteiger partial charge is 0.422 e. The van der Waals surface area contributed by atoms with Crippen LogP contribution in [0.15, 0.2) is 48.5 Å². The number of hydrogen-bond donors (Lipinski definition) is 1. The summed E-state index contributed by atoms with van der Waals surface area (Å²) in [6.45, 7) is -1.71. The van der Waals surface area contributed by atoms with Crippen LogP contribution in [0.3, 0.4) is 0 Å². The number of anilines is 2. The van der Waals surface area contributed by atoms with Crippen molar-refractivity contribution in [1.82, 2.24) is 15.0 Å². The zero-order chi connectivity index (χ0) is 25.1. The highest BCUT2D eigenvalue weighted by Crippen LogP contribution is 2.31. The molecule has 0 atom stereocenters. The standard InChI is InChI=1S/C20H16F6N4O3S/c1-34(31,32)10-12-4-2-5-13(8-12)16-28-17(30-18(29-16)33-11-19(21,22)23)27-15-7-3-6-14(9-15)20(24,25)26/h2-9H,10-11H2,1H3,(H,27,28,29,30). The molecule has 3 rings (SSSR count). The molecule has 0 saturated heterocycles. The lowest BCUT2D eigenvalue weighted by Gasteiger charge is -2.13. The van der Waals surface area contributed by atoms with Crippen molar-refractivity contribution in [3.63, 3.8) is 0 Å². The first-order valence-electron chi connectivity index (χ1n) is 9.35. The van der Waals surface area contributed by atoms with Gasteiger partial charge in [0.1, 0.15) is 0 Å². The molecule has 0 amide bonds. The van der Waals surface area contributed by atoms with Crippen LogP contribution in [-0.4, -0.2) is 42.4 Å². The molecule has 0 aliphatic carbocycles. The normalized spacial score (nSPS) is 12.4. The Morgan fingerprint density at radius 3 is 2.29 bits per heavy atom. The van der Waals surface area contributed by atoms with Gasteiger partial charge in [0, 0.05) is 17.5 Å². The fourth-order valence-electron chi connectivity index (χ4n) is 2.76. The highest BCUT2D eigenvalue weighted by Gasteiger charge is 2.31. The van der Waals surface area contributed by atoms with Gasteiger partial charge >= 0.3 is 18.4 Å². The number of halogens is 6. The summed E-state index contributed by atoms with van der Waals surface area (Å²) >= 11 is 0. The SMILES string of the molecule is CS(=O)(=O)Cc1cccc(-c2nc(Nc3cccc(C(F)(F)F)c3)nc(OCC(F)(F)F)n2)c1. The van der Waals surface area contributed by atoms with Gasteiger partial charge in [0.2, 0.25) is 5.95 Å². The molecular formula is C20H16F6N4O3S. The van der Waals surface area contributed by atoms with Crippen molar-refractivity contribution in [3.05, 3.63) is 59.7 Å². The molecule has 2 aromatic carbocycles. The van der Waals surface area contributed by atoms with Crippen LogP contribution in [0.1, 0.15) is 11.1 Å². The molecule has 182 valence electrons. The van der Waals surface area contributed by atoms with E-state index in [1.165, 1.54) is 30.3 Å². The van der Waals surface area contributed by atoms with Crippen molar-refractivity contribution in [1.29, 1.82) is 0 Å². The van der Waals surface area contributed by atoms with Gasteiger partial charge in [-0.05, 0) is 29.8 Å². The number of nitrogens with zero attached hydrogens (tertiary/aromatic N) is 3. The zero-order valence-corrected chi connectivity index (χ0v) is 18.1. The number of ether oxygens (including phenoxy) is 1. The largest absolute Gasteiger partial charge is 0.454 e. The minimum absolute atomic E-state index is 0.0837. The Bertz CT molecular complexity index is 1280. The predicted octanol–water partition coefficient (Wildman–Crippen LogP) is 4.79. The number of sulfone groups is 1. The van der Waals surface area contributed by atoms with E-state index in [0.717, 1.165) is 24.5 Å². The van der Waals surface area contributed by atoms with E-state index in [1.54, 1.807) is 0 Å². The summed E-state index contributed by atoms with van der Waals surface area (Å²) in [5.74, 6) is -0.870. The highest BCUT2D eigenvalue weighted by atomic mass is 32.2. The predicted molar refractivity (Wildman–Crippen MR) is 110 cm³/mol. The maximum atomic E-state index is 13.0. The van der Waals surface area contributed by atoms with Crippen molar-refractivity contribution in [3.8, 4) is 17.4 Å². The minimum Gasteiger partial charge on any atom is -0.454 e. The van der Waals surface area contributed by atoms with Crippen LogP contribution in [-0.2, 0) is 21.8 Å². The molecule has 7 nitrogen and oxygen atoms in total. The monoisotopic (exact) mass is 506 g/mol. The molecule has 1 aromatic heterocycles. The summed E-state index contributed by atoms with van der Waals surface area (Å²) in [5.41, 5.74) is -0.452. The summed E-state index contributed by atoms with van der Waals surface area (Å²) in [4.78, 5) is 11.6. The van der Waals surface area contributed by atoms with E-state index >= 15 is 0 Å². The summed E-state index contributed by atoms with van der Waals surface area (Å²) in [5, 5.41) is 2.50. The Balaban J connectivity index is 2.00. The molecule has 14 heteroatoms. The molecule has 1 heterocycles. The van der Waals surface area contributed by atoms with Gasteiger partial charge in [-0.1, -0.05) is 24.3 Å². The van der Waals surface area contributed by atoms with Gasteiger partial charge in [-0.25, -0.2) is 8.42 Å². The lowest BCUT2D eigenvalue weighted by Crippen LogP contribution is -2.20. The topological polar surface area (TPSA) is 94.1 Å². The number of nitrogens with one attached hydrogen (secondary N) is 1. The van der Waals surface area contributed by atoms with Crippen molar-refractivity contribution in [2.45, 2.75) is 18.1 Å². The van der Waals surface area contributed by atoms with Crippen molar-refractivity contribution in [2.24, 2.45) is 0 Å². The number of alkyl halides is 6. The molecule has 0 aliphatic heterocycles. The van der Waals surface area contributed by atoms with E-state index in [2.05, 4.69) is 25.0 Å². The molecular weight excluding hydrogens is 490 g/mol. The van der Waals surface area contributed by atoms with Gasteiger partial charge in [0.25, 0.3) is 0 Å². The van der Waals surface area contributed by atoms with Crippen LogP contribution >= 0.6 is 0 Å². The molecule has 0 aliphatic rings. The molecule has 0 bridgehead atoms. The fourth-order valence-corrected chi connectivity index (χ4v) is 3.54. The molecule has 3 aromatic rings. The van der Waals surface area contributed by atoms with Crippen LogP contribution in [0, 0.1) is 0 Å². The molecule has 0 radical (unpaired) electrons. The zero-order valence-electron chi connectivity index (χ0n) is 17.3. The lowest BCUT2D eigenvalue weighted by molar-refractivity contribution is -0.154. The van der Waals surface area contributed by atoms with E-state index in [4.69, 9.17) is 0 Å². The first-order valence-corrected chi connectivity index (χ1v) is 11.4. The summed E-state index contributed by atoms with van der Waals surface area (Å²) in [7, 11) is -3.38. The molecule has 0 unspecified atom stereocenters. The molecule has 1 N–H and O–H groups in total. The van der Waals surface area contributed by atoms with Gasteiger partial charge in [0.05, 0.1) is 11.3 Å². The maximum Gasteiger partial charge on any atom is 0.422 e. The summed E-state index contributed by atoms with van der Waals surface area (Å²) < 4.78 is 105. The highest BCUT2D eigenvalue weighted by molar-refractivity contribution is 7.89. The van der Waals surface area contributed by atoms with Crippen LogP contribution in [0.2, 0.25) is 0 Å². The minimum atomic E-state index is -4.70. The maximum absolute atomic E-state index is 13.0. The number of benzene rings is 2. The Kier molecular flexibility index (Phi) is 7.00. The number of hydrogen-bond acceptors (Lipinski definition) is 7. The Hall–Kier alpha value is -3.42. The van der Waals surface area contributed by atoms with E-state index < -0.39 is 40.4 Å². The van der Waals surface area contributed by atoms with Crippen molar-refractivity contribution >= 4 is 21.5 Å². The van der Waals surface area contributed by atoms with Crippen LogP contribution < -0.4 is 10.1 Å². The van der Waals surface area contributed by atoms with Gasteiger partial charge in [-0.2, -0.15) is 41.3 Å². The first kappa shape index (κ1) is 25.2. The fraction of sp³-hybridized carbons (Fsp3) is 0.250. The van der Waals surface area contributed by atoms with E-state index in [9.17, 15) is 34.8 Å². The average molecular weight is 506 g/mol. The van der Waals surface area contributed by atoms with Crippen molar-refractivity contribution < 1.29 is 39.5 Å². The van der Waals surface area contributed by atoms with Gasteiger partial charge in [-0.3, -0.25) is 0 Å². The van der Waals surface area contributed by atoms with Crippen LogP contribution in [0.4, 0.5) is 38.0 Å². The third-order valence-electron chi connectivity index (χ3n) is 4.04. The third-order valence-corrected chi connectivity index (χ3v) is 4.90. The van der Waals surface area contributed by atoms with Crippen LogP contribution in [0.5, 0.6) is 6.01 Å².